The number of fused-ring (bicyclic) bond motifs is 1. The zero-order chi connectivity index (χ0) is 22.7. The molecule has 0 saturated heterocycles. The molecular formula is C23H25FN6O2. The van der Waals surface area contributed by atoms with Crippen LogP contribution in [0.15, 0.2) is 53.3 Å². The van der Waals surface area contributed by atoms with Crippen molar-refractivity contribution in [2.45, 2.75) is 25.8 Å². The first kappa shape index (κ1) is 21.5. The van der Waals surface area contributed by atoms with Crippen molar-refractivity contribution in [1.82, 2.24) is 25.1 Å². The number of halogens is 1. The zero-order valence-corrected chi connectivity index (χ0v) is 17.9. The van der Waals surface area contributed by atoms with Crippen LogP contribution in [0.25, 0.3) is 22.3 Å². The van der Waals surface area contributed by atoms with Crippen molar-refractivity contribution in [3.05, 3.63) is 70.5 Å². The summed E-state index contributed by atoms with van der Waals surface area (Å²) in [6.07, 6.45) is 1.63. The van der Waals surface area contributed by atoms with E-state index in [1.165, 1.54) is 12.1 Å². The smallest absolute Gasteiger partial charge is 0.323 e. The van der Waals surface area contributed by atoms with Gasteiger partial charge in [-0.3, -0.25) is 14.8 Å². The normalized spacial score (nSPS) is 12.4. The van der Waals surface area contributed by atoms with Crippen LogP contribution in [0.1, 0.15) is 19.0 Å². The lowest BCUT2D eigenvalue weighted by Gasteiger charge is -2.23. The molecule has 0 fully saturated rings. The summed E-state index contributed by atoms with van der Waals surface area (Å²) in [4.78, 5) is 31.4. The molecule has 0 radical (unpaired) electrons. The Morgan fingerprint density at radius 3 is 2.66 bits per heavy atom. The minimum Gasteiger partial charge on any atom is -0.325 e. The summed E-state index contributed by atoms with van der Waals surface area (Å²) in [5, 5.41) is 10.2. The fourth-order valence-corrected chi connectivity index (χ4v) is 3.53. The highest BCUT2D eigenvalue weighted by Gasteiger charge is 2.18. The average Bonchev–Trinajstić information content (AvgIpc) is 3.39. The molecule has 0 aliphatic rings. The number of hydrogen-bond acceptors (Lipinski definition) is 4. The van der Waals surface area contributed by atoms with Crippen molar-refractivity contribution < 1.29 is 9.18 Å². The van der Waals surface area contributed by atoms with Crippen molar-refractivity contribution in [2.75, 3.05) is 18.9 Å². The Bertz CT molecular complexity index is 1270. The SMILES string of the molecule is CC(C(=O)Nc1ccc2[nH]c(=O)[nH]c2c1)N(C)CCCc1cc(-c2ccc(F)cc2)n[nH]1. The van der Waals surface area contributed by atoms with Gasteiger partial charge in [-0.2, -0.15) is 5.10 Å². The Morgan fingerprint density at radius 2 is 1.88 bits per heavy atom. The molecule has 2 heterocycles. The van der Waals surface area contributed by atoms with E-state index in [0.29, 0.717) is 16.7 Å². The first-order valence-corrected chi connectivity index (χ1v) is 10.4. The average molecular weight is 436 g/mol. The molecule has 0 saturated carbocycles. The van der Waals surface area contributed by atoms with Gasteiger partial charge in [0.1, 0.15) is 5.82 Å². The molecule has 32 heavy (non-hydrogen) atoms. The van der Waals surface area contributed by atoms with Crippen LogP contribution in [0.2, 0.25) is 0 Å². The number of nitrogens with one attached hydrogen (secondary N) is 4. The van der Waals surface area contributed by atoms with Crippen LogP contribution in [0.5, 0.6) is 0 Å². The van der Waals surface area contributed by atoms with Gasteiger partial charge in [-0.05, 0) is 81.9 Å². The lowest BCUT2D eigenvalue weighted by molar-refractivity contribution is -0.120. The highest BCUT2D eigenvalue weighted by Crippen LogP contribution is 2.19. The summed E-state index contributed by atoms with van der Waals surface area (Å²) in [6, 6.07) is 13.1. The predicted octanol–water partition coefficient (Wildman–Crippen LogP) is 3.28. The number of likely N-dealkylation sites (N-methyl/N-ethyl adjacent to an activating group) is 1. The minimum absolute atomic E-state index is 0.120. The molecule has 0 spiro atoms. The quantitative estimate of drug-likeness (QED) is 0.340. The molecule has 9 heteroatoms. The monoisotopic (exact) mass is 436 g/mol. The van der Waals surface area contributed by atoms with Crippen molar-refractivity contribution in [2.24, 2.45) is 0 Å². The van der Waals surface area contributed by atoms with E-state index in [0.717, 1.165) is 36.3 Å². The fraction of sp³-hybridized carbons (Fsp3) is 0.261. The number of H-pyrrole nitrogens is 3. The zero-order valence-electron chi connectivity index (χ0n) is 17.9. The van der Waals surface area contributed by atoms with Gasteiger partial charge in [0.2, 0.25) is 5.91 Å². The third kappa shape index (κ3) is 4.94. The fourth-order valence-electron chi connectivity index (χ4n) is 3.53. The van der Waals surface area contributed by atoms with Gasteiger partial charge in [0.05, 0.1) is 22.8 Å². The summed E-state index contributed by atoms with van der Waals surface area (Å²) in [6.45, 7) is 2.58. The van der Waals surface area contributed by atoms with E-state index in [1.54, 1.807) is 30.3 Å². The third-order valence-corrected chi connectivity index (χ3v) is 5.55. The first-order valence-electron chi connectivity index (χ1n) is 10.4. The van der Waals surface area contributed by atoms with Gasteiger partial charge < -0.3 is 15.3 Å². The van der Waals surface area contributed by atoms with Gasteiger partial charge in [0.25, 0.3) is 0 Å². The van der Waals surface area contributed by atoms with Crippen molar-refractivity contribution in [3.63, 3.8) is 0 Å². The maximum Gasteiger partial charge on any atom is 0.323 e. The number of anilines is 1. The number of imidazole rings is 1. The van der Waals surface area contributed by atoms with Gasteiger partial charge in [0, 0.05) is 16.9 Å². The second-order valence-corrected chi connectivity index (χ2v) is 7.87. The molecule has 1 unspecified atom stereocenters. The largest absolute Gasteiger partial charge is 0.325 e. The van der Waals surface area contributed by atoms with E-state index in [9.17, 15) is 14.0 Å². The number of hydrogen-bond donors (Lipinski definition) is 4. The first-order chi connectivity index (χ1) is 15.4. The number of benzene rings is 2. The van der Waals surface area contributed by atoms with Gasteiger partial charge in [-0.1, -0.05) is 0 Å². The number of aromatic amines is 3. The summed E-state index contributed by atoms with van der Waals surface area (Å²) >= 11 is 0. The number of carbonyl (C=O) groups excluding carboxylic acids is 1. The summed E-state index contributed by atoms with van der Waals surface area (Å²) in [7, 11) is 1.91. The van der Waals surface area contributed by atoms with Gasteiger partial charge in [-0.15, -0.1) is 0 Å². The predicted molar refractivity (Wildman–Crippen MR) is 122 cm³/mol. The summed E-state index contributed by atoms with van der Waals surface area (Å²) in [5.41, 5.74) is 4.32. The molecule has 2 aromatic heterocycles. The van der Waals surface area contributed by atoms with Gasteiger partial charge in [-0.25, -0.2) is 9.18 Å². The van der Waals surface area contributed by atoms with Gasteiger partial charge in [0.15, 0.2) is 0 Å². The second-order valence-electron chi connectivity index (χ2n) is 7.87. The molecule has 4 N–H and O–H groups in total. The molecule has 0 bridgehead atoms. The lowest BCUT2D eigenvalue weighted by atomic mass is 10.1. The van der Waals surface area contributed by atoms with Crippen LogP contribution in [-0.2, 0) is 11.2 Å². The van der Waals surface area contributed by atoms with Crippen molar-refractivity contribution in [3.8, 4) is 11.3 Å². The van der Waals surface area contributed by atoms with E-state index in [-0.39, 0.29) is 23.5 Å². The topological polar surface area (TPSA) is 110 Å². The Kier molecular flexibility index (Phi) is 6.18. The highest BCUT2D eigenvalue weighted by molar-refractivity contribution is 5.96. The van der Waals surface area contributed by atoms with Crippen LogP contribution in [-0.4, -0.2) is 50.6 Å². The van der Waals surface area contributed by atoms with E-state index in [4.69, 9.17) is 0 Å². The summed E-state index contributed by atoms with van der Waals surface area (Å²) in [5.74, 6) is -0.393. The molecule has 0 aliphatic carbocycles. The number of carbonyl (C=O) groups is 1. The molecule has 166 valence electrons. The van der Waals surface area contributed by atoms with E-state index in [2.05, 4.69) is 25.5 Å². The molecule has 1 amide bonds. The highest BCUT2D eigenvalue weighted by atomic mass is 19.1. The maximum absolute atomic E-state index is 13.1. The molecule has 4 rings (SSSR count). The van der Waals surface area contributed by atoms with Crippen LogP contribution in [0, 0.1) is 5.82 Å². The standard InChI is InChI=1S/C23H25FN6O2/c1-14(22(31)25-17-9-10-19-21(12-17)27-23(32)26-19)30(2)11-3-4-18-13-20(29-28-18)15-5-7-16(24)8-6-15/h5-10,12-14H,3-4,11H2,1-2H3,(H,25,31)(H,28,29)(H2,26,27,32). The number of nitrogens with zero attached hydrogens (tertiary/aromatic N) is 2. The lowest BCUT2D eigenvalue weighted by Crippen LogP contribution is -2.40. The third-order valence-electron chi connectivity index (χ3n) is 5.55. The summed E-state index contributed by atoms with van der Waals surface area (Å²) < 4.78 is 13.1. The van der Waals surface area contributed by atoms with Crippen LogP contribution in [0.3, 0.4) is 0 Å². The number of aromatic nitrogens is 4. The second kappa shape index (κ2) is 9.19. The van der Waals surface area contributed by atoms with Crippen LogP contribution < -0.4 is 11.0 Å². The van der Waals surface area contributed by atoms with E-state index < -0.39 is 0 Å². The molecule has 8 nitrogen and oxygen atoms in total. The molecule has 0 aliphatic heterocycles. The van der Waals surface area contributed by atoms with E-state index in [1.807, 2.05) is 24.9 Å². The Morgan fingerprint density at radius 1 is 1.12 bits per heavy atom. The molecular weight excluding hydrogens is 411 g/mol. The maximum atomic E-state index is 13.1. The molecule has 4 aromatic rings. The Balaban J connectivity index is 1.27. The van der Waals surface area contributed by atoms with Crippen molar-refractivity contribution in [1.29, 1.82) is 0 Å². The van der Waals surface area contributed by atoms with Crippen LogP contribution in [0.4, 0.5) is 10.1 Å². The minimum atomic E-state index is -0.326. The van der Waals surface area contributed by atoms with E-state index >= 15 is 0 Å². The number of aryl methyl sites for hydroxylation is 1. The molecule has 2 aromatic carbocycles. The van der Waals surface area contributed by atoms with Crippen LogP contribution >= 0.6 is 0 Å². The van der Waals surface area contributed by atoms with Crippen molar-refractivity contribution >= 4 is 22.6 Å². The Hall–Kier alpha value is -3.72. The Labute approximate surface area is 183 Å². The number of amides is 1. The van der Waals surface area contributed by atoms with Gasteiger partial charge >= 0.3 is 5.69 Å². The number of rotatable bonds is 8. The molecule has 1 atom stereocenters.